The summed E-state index contributed by atoms with van der Waals surface area (Å²) in [5.41, 5.74) is 1.69. The van der Waals surface area contributed by atoms with Crippen LogP contribution in [0.4, 0.5) is 0 Å². The molecule has 3 aliphatic rings. The largest absolute Gasteiger partial charge is 0.411 e. The summed E-state index contributed by atoms with van der Waals surface area (Å²) in [4.78, 5) is 14.5. The first kappa shape index (κ1) is 15.6. The lowest BCUT2D eigenvalue weighted by atomic mass is 10.0. The van der Waals surface area contributed by atoms with Gasteiger partial charge in [0.1, 0.15) is 11.4 Å². The van der Waals surface area contributed by atoms with Gasteiger partial charge in [-0.3, -0.25) is 9.48 Å². The van der Waals surface area contributed by atoms with E-state index in [1.807, 2.05) is 0 Å². The zero-order valence-electron chi connectivity index (χ0n) is 13.5. The molecular formula is C15H20N4O4S. The standard InChI is InChI=1S/C15H20N4O4S/c1-18-13-11(12(17-18)8-16-21)4-7-19(14(13)20)9-15(5-6-15)24(22,23)10-2-3-10/h8,10,21H,2-7,9H2,1H3. The quantitative estimate of drug-likeness (QED) is 0.467. The molecule has 0 unspecified atom stereocenters. The van der Waals surface area contributed by atoms with Gasteiger partial charge in [-0.05, 0) is 32.1 Å². The number of aryl methyl sites for hydroxylation is 1. The van der Waals surface area contributed by atoms with E-state index in [2.05, 4.69) is 10.3 Å². The molecule has 2 heterocycles. The van der Waals surface area contributed by atoms with Crippen LogP contribution in [0.5, 0.6) is 0 Å². The Labute approximate surface area is 140 Å². The van der Waals surface area contributed by atoms with Gasteiger partial charge >= 0.3 is 0 Å². The Bertz CT molecular complexity index is 834. The summed E-state index contributed by atoms with van der Waals surface area (Å²) in [5.74, 6) is -0.193. The predicted octanol–water partition coefficient (Wildman–Crippen LogP) is 0.336. The Hall–Kier alpha value is -1.90. The van der Waals surface area contributed by atoms with Gasteiger partial charge in [0.05, 0.1) is 16.2 Å². The zero-order chi connectivity index (χ0) is 17.1. The summed E-state index contributed by atoms with van der Waals surface area (Å²) >= 11 is 0. The summed E-state index contributed by atoms with van der Waals surface area (Å²) < 4.78 is 26.1. The second kappa shape index (κ2) is 5.05. The van der Waals surface area contributed by atoms with Crippen molar-refractivity contribution >= 4 is 22.0 Å². The minimum absolute atomic E-state index is 0.193. The van der Waals surface area contributed by atoms with Gasteiger partial charge in [-0.2, -0.15) is 5.10 Å². The molecule has 0 aromatic carbocycles. The number of aromatic nitrogens is 2. The zero-order valence-corrected chi connectivity index (χ0v) is 14.3. The molecule has 1 aromatic rings. The smallest absolute Gasteiger partial charge is 0.272 e. The molecule has 0 radical (unpaired) electrons. The molecule has 0 saturated heterocycles. The summed E-state index contributed by atoms with van der Waals surface area (Å²) in [6, 6.07) is 0. The molecule has 2 fully saturated rings. The minimum atomic E-state index is -3.14. The average Bonchev–Trinajstić information content (AvgIpc) is 3.42. The number of hydrogen-bond acceptors (Lipinski definition) is 6. The maximum absolute atomic E-state index is 12.8. The van der Waals surface area contributed by atoms with E-state index in [-0.39, 0.29) is 17.7 Å². The summed E-state index contributed by atoms with van der Waals surface area (Å²) in [6.45, 7) is 0.741. The van der Waals surface area contributed by atoms with Crippen LogP contribution in [0.2, 0.25) is 0 Å². The molecule has 2 saturated carbocycles. The van der Waals surface area contributed by atoms with Gasteiger partial charge in [0.25, 0.3) is 5.91 Å². The van der Waals surface area contributed by atoms with Crippen molar-refractivity contribution in [2.24, 2.45) is 12.2 Å². The molecule has 8 nitrogen and oxygen atoms in total. The molecule has 0 atom stereocenters. The number of hydrogen-bond donors (Lipinski definition) is 1. The van der Waals surface area contributed by atoms with Crippen LogP contribution in [0, 0.1) is 0 Å². The minimum Gasteiger partial charge on any atom is -0.411 e. The van der Waals surface area contributed by atoms with Crippen LogP contribution in [0.15, 0.2) is 5.16 Å². The third-order valence-electron chi connectivity index (χ3n) is 5.33. The van der Waals surface area contributed by atoms with Crippen molar-refractivity contribution in [3.05, 3.63) is 17.0 Å². The molecule has 0 spiro atoms. The van der Waals surface area contributed by atoms with Crippen LogP contribution in [0.25, 0.3) is 0 Å². The maximum Gasteiger partial charge on any atom is 0.272 e. The van der Waals surface area contributed by atoms with Gasteiger partial charge in [-0.15, -0.1) is 0 Å². The highest BCUT2D eigenvalue weighted by molar-refractivity contribution is 7.94. The van der Waals surface area contributed by atoms with E-state index < -0.39 is 14.6 Å². The average molecular weight is 352 g/mol. The van der Waals surface area contributed by atoms with Gasteiger partial charge < -0.3 is 10.1 Å². The molecule has 24 heavy (non-hydrogen) atoms. The Morgan fingerprint density at radius 3 is 2.71 bits per heavy atom. The van der Waals surface area contributed by atoms with Crippen LogP contribution in [-0.4, -0.2) is 63.5 Å². The molecule has 1 amide bonds. The van der Waals surface area contributed by atoms with E-state index >= 15 is 0 Å². The van der Waals surface area contributed by atoms with Gasteiger partial charge in [-0.1, -0.05) is 5.16 Å². The Morgan fingerprint density at radius 2 is 2.12 bits per heavy atom. The fourth-order valence-corrected chi connectivity index (χ4v) is 6.13. The van der Waals surface area contributed by atoms with Crippen molar-refractivity contribution < 1.29 is 18.4 Å². The van der Waals surface area contributed by atoms with Crippen molar-refractivity contribution in [1.29, 1.82) is 0 Å². The molecule has 1 aliphatic heterocycles. The Balaban J connectivity index is 1.60. The van der Waals surface area contributed by atoms with E-state index in [9.17, 15) is 13.2 Å². The van der Waals surface area contributed by atoms with E-state index in [1.54, 1.807) is 11.9 Å². The van der Waals surface area contributed by atoms with Crippen LogP contribution >= 0.6 is 0 Å². The number of carbonyl (C=O) groups excluding carboxylic acids is 1. The predicted molar refractivity (Wildman–Crippen MR) is 86.1 cm³/mol. The number of carbonyl (C=O) groups is 1. The van der Waals surface area contributed by atoms with Gasteiger partial charge in [0.15, 0.2) is 9.84 Å². The van der Waals surface area contributed by atoms with Gasteiger partial charge in [-0.25, -0.2) is 8.42 Å². The Morgan fingerprint density at radius 1 is 1.42 bits per heavy atom. The van der Waals surface area contributed by atoms with Gasteiger partial charge in [0, 0.05) is 25.7 Å². The van der Waals surface area contributed by atoms with Gasteiger partial charge in [0.2, 0.25) is 0 Å². The lowest BCUT2D eigenvalue weighted by Crippen LogP contribution is -2.46. The number of fused-ring (bicyclic) bond motifs is 1. The van der Waals surface area contributed by atoms with E-state index in [4.69, 9.17) is 5.21 Å². The van der Waals surface area contributed by atoms with E-state index in [0.29, 0.717) is 37.2 Å². The van der Waals surface area contributed by atoms with Crippen LogP contribution in [0.3, 0.4) is 0 Å². The van der Waals surface area contributed by atoms with Crippen molar-refractivity contribution in [3.8, 4) is 0 Å². The third kappa shape index (κ3) is 2.17. The van der Waals surface area contributed by atoms with Crippen LogP contribution < -0.4 is 0 Å². The van der Waals surface area contributed by atoms with Crippen molar-refractivity contribution in [2.45, 2.75) is 42.1 Å². The SMILES string of the molecule is Cn1nc(C=NO)c2c1C(=O)N(CC1(S(=O)(=O)C3CC3)CC1)CC2. The second-order valence-corrected chi connectivity index (χ2v) is 9.61. The van der Waals surface area contributed by atoms with Crippen LogP contribution in [0.1, 0.15) is 47.4 Å². The monoisotopic (exact) mass is 352 g/mol. The highest BCUT2D eigenvalue weighted by Crippen LogP contribution is 2.50. The molecule has 0 bridgehead atoms. The summed E-state index contributed by atoms with van der Waals surface area (Å²) in [7, 11) is -1.47. The fourth-order valence-electron chi connectivity index (χ4n) is 3.66. The lowest BCUT2D eigenvalue weighted by molar-refractivity contribution is 0.0724. The summed E-state index contributed by atoms with van der Waals surface area (Å²) in [5, 5.41) is 15.7. The molecule has 1 aromatic heterocycles. The number of sulfone groups is 1. The molecule has 130 valence electrons. The van der Waals surface area contributed by atoms with Crippen molar-refractivity contribution in [3.63, 3.8) is 0 Å². The van der Waals surface area contributed by atoms with E-state index in [1.165, 1.54) is 10.9 Å². The second-order valence-electron chi connectivity index (χ2n) is 6.98. The number of oxime groups is 1. The first-order valence-corrected chi connectivity index (χ1v) is 9.70. The third-order valence-corrected chi connectivity index (χ3v) is 8.42. The first-order chi connectivity index (χ1) is 11.4. The van der Waals surface area contributed by atoms with Crippen molar-refractivity contribution in [2.75, 3.05) is 13.1 Å². The topological polar surface area (TPSA) is 105 Å². The maximum atomic E-state index is 12.8. The first-order valence-electron chi connectivity index (χ1n) is 8.16. The normalized spacial score (nSPS) is 22.9. The molecule has 4 rings (SSSR count). The molecular weight excluding hydrogens is 332 g/mol. The summed E-state index contributed by atoms with van der Waals surface area (Å²) in [6.07, 6.45) is 4.62. The highest BCUT2D eigenvalue weighted by atomic mass is 32.2. The molecule has 1 N–H and O–H groups in total. The number of rotatable bonds is 5. The fraction of sp³-hybridized carbons (Fsp3) is 0.667. The van der Waals surface area contributed by atoms with Crippen molar-refractivity contribution in [1.82, 2.24) is 14.7 Å². The number of amides is 1. The Kier molecular flexibility index (Phi) is 3.28. The highest BCUT2D eigenvalue weighted by Gasteiger charge is 2.60. The van der Waals surface area contributed by atoms with E-state index in [0.717, 1.165) is 18.4 Å². The molecule has 2 aliphatic carbocycles. The lowest BCUT2D eigenvalue weighted by Gasteiger charge is -2.31. The molecule has 9 heteroatoms. The number of nitrogens with zero attached hydrogens (tertiary/aromatic N) is 4. The van der Waals surface area contributed by atoms with Crippen LogP contribution in [-0.2, 0) is 23.3 Å².